The molecule has 1 aliphatic rings. The Labute approximate surface area is 157 Å². The Morgan fingerprint density at radius 2 is 2.12 bits per heavy atom. The van der Waals surface area contributed by atoms with Gasteiger partial charge in [0.15, 0.2) is 4.87 Å². The van der Waals surface area contributed by atoms with Crippen LogP contribution in [0.5, 0.6) is 0 Å². The minimum atomic E-state index is -3.88. The summed E-state index contributed by atoms with van der Waals surface area (Å²) in [6.45, 7) is 2.50. The number of rotatable bonds is 4. The van der Waals surface area contributed by atoms with Crippen molar-refractivity contribution in [3.8, 4) is 0 Å². The van der Waals surface area contributed by atoms with E-state index in [0.29, 0.717) is 35.5 Å². The van der Waals surface area contributed by atoms with Gasteiger partial charge >= 0.3 is 0 Å². The fourth-order valence-electron chi connectivity index (χ4n) is 3.15. The second kappa shape index (κ2) is 7.34. The molecule has 1 atom stereocenters. The molecular weight excluding hydrogens is 374 g/mol. The predicted molar refractivity (Wildman–Crippen MR) is 99.9 cm³/mol. The molecule has 0 radical (unpaired) electrons. The molecule has 1 saturated heterocycles. The van der Waals surface area contributed by atoms with Crippen molar-refractivity contribution in [2.75, 3.05) is 13.1 Å². The topological polar surface area (TPSA) is 88.2 Å². The van der Waals surface area contributed by atoms with Gasteiger partial charge in [0.05, 0.1) is 10.5 Å². The maximum atomic E-state index is 13.5. The summed E-state index contributed by atoms with van der Waals surface area (Å²) in [6.07, 6.45) is 3.92. The number of hydrogen-bond donors (Lipinski definition) is 2. The average Bonchev–Trinajstić information content (AvgIpc) is 2.65. The Hall–Kier alpha value is -1.96. The highest BCUT2D eigenvalue weighted by molar-refractivity contribution is 7.93. The number of aromatic nitrogens is 1. The maximum Gasteiger partial charge on any atom is 0.254 e. The first-order valence-corrected chi connectivity index (χ1v) is 10.2. The highest BCUT2D eigenvalue weighted by atomic mass is 35.5. The molecule has 6 nitrogen and oxygen atoms in total. The van der Waals surface area contributed by atoms with Crippen LogP contribution in [0.4, 0.5) is 0 Å². The lowest BCUT2D eigenvalue weighted by atomic mass is 10.1. The summed E-state index contributed by atoms with van der Waals surface area (Å²) in [5, 5.41) is 6.24. The van der Waals surface area contributed by atoms with Crippen molar-refractivity contribution in [3.63, 3.8) is 0 Å². The Kier molecular flexibility index (Phi) is 5.32. The van der Waals surface area contributed by atoms with Gasteiger partial charge in [-0.05, 0) is 56.1 Å². The van der Waals surface area contributed by atoms with Crippen LogP contribution in [0.15, 0.2) is 47.6 Å². The Morgan fingerprint density at radius 1 is 1.31 bits per heavy atom. The normalized spacial score (nSPS) is 20.5. The van der Waals surface area contributed by atoms with Crippen LogP contribution >= 0.6 is 11.6 Å². The fraction of sp³-hybridized carbons (Fsp3) is 0.333. The predicted octanol–water partition coefficient (Wildman–Crippen LogP) is 2.33. The highest BCUT2D eigenvalue weighted by Gasteiger charge is 2.47. The summed E-state index contributed by atoms with van der Waals surface area (Å²) in [6, 6.07) is 8.02. The molecule has 0 unspecified atom stereocenters. The van der Waals surface area contributed by atoms with E-state index in [2.05, 4.69) is 15.6 Å². The van der Waals surface area contributed by atoms with Gasteiger partial charge in [-0.3, -0.25) is 9.78 Å². The second-order valence-corrected chi connectivity index (χ2v) is 8.97. The minimum absolute atomic E-state index is 0.132. The standard InChI is InChI=1S/C18H20ClN3O3S/c1-13-15(19)6-2-7-16(13)26(24,25)18(8-4-10-21-12-18)22-17(23)14-5-3-9-20-11-14/h2-3,5-7,9,11,21H,4,8,10,12H2,1H3,(H,22,23)/t18-/m0/s1. The molecule has 2 N–H and O–H groups in total. The molecule has 1 aliphatic heterocycles. The van der Waals surface area contributed by atoms with Crippen molar-refractivity contribution in [2.24, 2.45) is 0 Å². The number of sulfone groups is 1. The first-order valence-electron chi connectivity index (χ1n) is 8.30. The van der Waals surface area contributed by atoms with Gasteiger partial charge in [-0.1, -0.05) is 17.7 Å². The number of piperidine rings is 1. The molecule has 8 heteroatoms. The Bertz CT molecular complexity index is 911. The van der Waals surface area contributed by atoms with Crippen molar-refractivity contribution in [1.29, 1.82) is 0 Å². The van der Waals surface area contributed by atoms with Crippen molar-refractivity contribution in [3.05, 3.63) is 58.9 Å². The van der Waals surface area contributed by atoms with Crippen LogP contribution in [0.2, 0.25) is 5.02 Å². The van der Waals surface area contributed by atoms with Gasteiger partial charge in [0.1, 0.15) is 0 Å². The number of halogens is 1. The quantitative estimate of drug-likeness (QED) is 0.832. The SMILES string of the molecule is Cc1c(Cl)cccc1S(=O)(=O)[C@@]1(NC(=O)c2cccnc2)CCCNC1. The van der Waals surface area contributed by atoms with E-state index in [-0.39, 0.29) is 11.4 Å². The minimum Gasteiger partial charge on any atom is -0.332 e. The Balaban J connectivity index is 2.05. The highest BCUT2D eigenvalue weighted by Crippen LogP contribution is 2.33. The van der Waals surface area contributed by atoms with Gasteiger partial charge in [-0.15, -0.1) is 0 Å². The molecule has 0 aliphatic carbocycles. The summed E-state index contributed by atoms with van der Waals surface area (Å²) < 4.78 is 27.0. The van der Waals surface area contributed by atoms with Crippen LogP contribution in [-0.4, -0.2) is 37.3 Å². The van der Waals surface area contributed by atoms with E-state index >= 15 is 0 Å². The van der Waals surface area contributed by atoms with Crippen LogP contribution in [0.1, 0.15) is 28.8 Å². The summed E-state index contributed by atoms with van der Waals surface area (Å²) in [4.78, 5) is 15.3. The van der Waals surface area contributed by atoms with Crippen LogP contribution in [-0.2, 0) is 9.84 Å². The summed E-state index contributed by atoms with van der Waals surface area (Å²) in [5.41, 5.74) is 0.796. The lowest BCUT2D eigenvalue weighted by Crippen LogP contribution is -2.62. The lowest BCUT2D eigenvalue weighted by Gasteiger charge is -2.38. The molecule has 1 aromatic carbocycles. The van der Waals surface area contributed by atoms with Crippen LogP contribution in [0.3, 0.4) is 0 Å². The van der Waals surface area contributed by atoms with Crippen LogP contribution in [0, 0.1) is 6.92 Å². The van der Waals surface area contributed by atoms with E-state index in [1.807, 2.05) is 0 Å². The van der Waals surface area contributed by atoms with E-state index in [4.69, 9.17) is 11.6 Å². The first-order chi connectivity index (χ1) is 12.4. The molecule has 2 aromatic rings. The van der Waals surface area contributed by atoms with E-state index in [1.54, 1.807) is 37.4 Å². The van der Waals surface area contributed by atoms with E-state index in [9.17, 15) is 13.2 Å². The number of nitrogens with zero attached hydrogens (tertiary/aromatic N) is 1. The van der Waals surface area contributed by atoms with E-state index in [0.717, 1.165) is 0 Å². The summed E-state index contributed by atoms with van der Waals surface area (Å²) >= 11 is 6.13. The number of benzene rings is 1. The molecule has 1 aromatic heterocycles. The van der Waals surface area contributed by atoms with Crippen LogP contribution in [0.25, 0.3) is 0 Å². The van der Waals surface area contributed by atoms with Crippen molar-refractivity contribution in [2.45, 2.75) is 29.5 Å². The van der Waals surface area contributed by atoms with Gasteiger partial charge in [0.25, 0.3) is 5.91 Å². The van der Waals surface area contributed by atoms with Crippen LogP contribution < -0.4 is 10.6 Å². The number of carbonyl (C=O) groups excluding carboxylic acids is 1. The molecule has 0 bridgehead atoms. The molecular formula is C18H20ClN3O3S. The second-order valence-electron chi connectivity index (χ2n) is 6.34. The zero-order chi connectivity index (χ0) is 18.8. The van der Waals surface area contributed by atoms with Crippen molar-refractivity contribution < 1.29 is 13.2 Å². The molecule has 1 fully saturated rings. The van der Waals surface area contributed by atoms with E-state index < -0.39 is 20.6 Å². The number of hydrogen-bond acceptors (Lipinski definition) is 5. The number of pyridine rings is 1. The lowest BCUT2D eigenvalue weighted by molar-refractivity contribution is 0.0916. The molecule has 26 heavy (non-hydrogen) atoms. The number of carbonyl (C=O) groups is 1. The summed E-state index contributed by atoms with van der Waals surface area (Å²) in [7, 11) is -3.88. The van der Waals surface area contributed by atoms with Gasteiger partial charge in [-0.2, -0.15) is 0 Å². The van der Waals surface area contributed by atoms with E-state index in [1.165, 1.54) is 12.3 Å². The molecule has 0 saturated carbocycles. The van der Waals surface area contributed by atoms with Gasteiger partial charge in [0.2, 0.25) is 9.84 Å². The maximum absolute atomic E-state index is 13.5. The molecule has 1 amide bonds. The zero-order valence-corrected chi connectivity index (χ0v) is 15.9. The third-order valence-electron chi connectivity index (χ3n) is 4.63. The molecule has 2 heterocycles. The third-order valence-corrected chi connectivity index (χ3v) is 7.54. The zero-order valence-electron chi connectivity index (χ0n) is 14.3. The molecule has 3 rings (SSSR count). The monoisotopic (exact) mass is 393 g/mol. The fourth-order valence-corrected chi connectivity index (χ4v) is 5.50. The van der Waals surface area contributed by atoms with Crippen molar-refractivity contribution in [1.82, 2.24) is 15.6 Å². The van der Waals surface area contributed by atoms with Gasteiger partial charge < -0.3 is 10.6 Å². The molecule has 138 valence electrons. The average molecular weight is 394 g/mol. The largest absolute Gasteiger partial charge is 0.332 e. The molecule has 0 spiro atoms. The van der Waals surface area contributed by atoms with Gasteiger partial charge in [0, 0.05) is 24.0 Å². The van der Waals surface area contributed by atoms with Crippen molar-refractivity contribution >= 4 is 27.3 Å². The number of nitrogens with one attached hydrogen (secondary N) is 2. The number of amides is 1. The first kappa shape index (κ1) is 18.8. The third kappa shape index (κ3) is 3.34. The smallest absolute Gasteiger partial charge is 0.254 e. The Morgan fingerprint density at radius 3 is 2.77 bits per heavy atom. The summed E-state index contributed by atoms with van der Waals surface area (Å²) in [5.74, 6) is -0.468. The van der Waals surface area contributed by atoms with Gasteiger partial charge in [-0.25, -0.2) is 8.42 Å².